The van der Waals surface area contributed by atoms with Crippen LogP contribution in [0.3, 0.4) is 0 Å². The average molecular weight is 215 g/mol. The van der Waals surface area contributed by atoms with Crippen LogP contribution in [0.5, 0.6) is 0 Å². The number of aromatic nitrogens is 2. The highest BCUT2D eigenvalue weighted by Crippen LogP contribution is 2.11. The lowest BCUT2D eigenvalue weighted by Crippen LogP contribution is -2.10. The number of pyridine rings is 2. The van der Waals surface area contributed by atoms with Gasteiger partial charge >= 0.3 is 0 Å². The molecule has 0 aromatic carbocycles. The molecule has 0 spiro atoms. The van der Waals surface area contributed by atoms with Gasteiger partial charge in [-0.1, -0.05) is 0 Å². The molecule has 82 valence electrons. The molecule has 1 amide bonds. The van der Waals surface area contributed by atoms with Gasteiger partial charge < -0.3 is 5.73 Å². The van der Waals surface area contributed by atoms with Crippen LogP contribution < -0.4 is 5.73 Å². The summed E-state index contributed by atoms with van der Waals surface area (Å²) in [4.78, 5) is 19.1. The first-order valence-corrected chi connectivity index (χ1v) is 5.23. The normalized spacial score (nSPS) is 10.5. The number of carbonyl (C=O) groups excluding carboxylic acids is 1. The Morgan fingerprint density at radius 2 is 2.19 bits per heavy atom. The monoisotopic (exact) mass is 215 g/mol. The van der Waals surface area contributed by atoms with Crippen LogP contribution in [0.15, 0.2) is 30.6 Å². The molecule has 16 heavy (non-hydrogen) atoms. The van der Waals surface area contributed by atoms with Crippen molar-refractivity contribution in [3.63, 3.8) is 0 Å². The Bertz CT molecular complexity index is 510. The molecule has 0 aliphatic carbocycles. The van der Waals surface area contributed by atoms with Gasteiger partial charge in [0.1, 0.15) is 0 Å². The lowest BCUT2D eigenvalue weighted by molar-refractivity contribution is -0.118. The third-order valence-corrected chi connectivity index (χ3v) is 2.40. The van der Waals surface area contributed by atoms with Crippen molar-refractivity contribution >= 4 is 16.9 Å². The van der Waals surface area contributed by atoms with E-state index in [0.717, 1.165) is 29.4 Å². The number of primary amides is 1. The van der Waals surface area contributed by atoms with E-state index >= 15 is 0 Å². The van der Waals surface area contributed by atoms with Gasteiger partial charge in [0.15, 0.2) is 0 Å². The maximum absolute atomic E-state index is 10.6. The fourth-order valence-corrected chi connectivity index (χ4v) is 1.60. The largest absolute Gasteiger partial charge is 0.370 e. The zero-order valence-corrected chi connectivity index (χ0v) is 8.89. The molecule has 4 heteroatoms. The van der Waals surface area contributed by atoms with Crippen LogP contribution in [-0.4, -0.2) is 15.9 Å². The Balaban J connectivity index is 2.10. The number of nitrogens with zero attached hydrogens (tertiary/aromatic N) is 2. The maximum atomic E-state index is 10.6. The molecular formula is C12H13N3O. The van der Waals surface area contributed by atoms with Crippen LogP contribution >= 0.6 is 0 Å². The molecule has 0 unspecified atom stereocenters. The zero-order valence-electron chi connectivity index (χ0n) is 8.89. The maximum Gasteiger partial charge on any atom is 0.217 e. The molecule has 0 atom stereocenters. The molecule has 2 N–H and O–H groups in total. The third-order valence-electron chi connectivity index (χ3n) is 2.40. The predicted octanol–water partition coefficient (Wildman–Crippen LogP) is 1.44. The van der Waals surface area contributed by atoms with Gasteiger partial charge in [-0.15, -0.1) is 0 Å². The van der Waals surface area contributed by atoms with Gasteiger partial charge in [-0.3, -0.25) is 14.8 Å². The molecule has 0 bridgehead atoms. The van der Waals surface area contributed by atoms with Crippen LogP contribution in [-0.2, 0) is 11.2 Å². The second-order valence-corrected chi connectivity index (χ2v) is 3.71. The minimum Gasteiger partial charge on any atom is -0.370 e. The molecule has 0 aliphatic rings. The number of hydrogen-bond acceptors (Lipinski definition) is 3. The quantitative estimate of drug-likeness (QED) is 0.839. The number of rotatable bonds is 4. The van der Waals surface area contributed by atoms with E-state index in [1.54, 1.807) is 6.20 Å². The van der Waals surface area contributed by atoms with Crippen molar-refractivity contribution in [2.75, 3.05) is 0 Å². The van der Waals surface area contributed by atoms with Gasteiger partial charge in [0.05, 0.1) is 11.0 Å². The van der Waals surface area contributed by atoms with Gasteiger partial charge in [-0.2, -0.15) is 0 Å². The Kier molecular flexibility index (Phi) is 3.10. The van der Waals surface area contributed by atoms with Crippen molar-refractivity contribution < 1.29 is 4.79 Å². The van der Waals surface area contributed by atoms with Gasteiger partial charge in [0.25, 0.3) is 0 Å². The topological polar surface area (TPSA) is 68.9 Å². The van der Waals surface area contributed by atoms with Crippen molar-refractivity contribution in [1.82, 2.24) is 9.97 Å². The average Bonchev–Trinajstić information content (AvgIpc) is 2.28. The lowest BCUT2D eigenvalue weighted by Gasteiger charge is -2.01. The van der Waals surface area contributed by atoms with Gasteiger partial charge in [0, 0.05) is 18.8 Å². The highest BCUT2D eigenvalue weighted by atomic mass is 16.1. The van der Waals surface area contributed by atoms with Gasteiger partial charge in [-0.05, 0) is 36.6 Å². The standard InChI is InChI=1S/C12H13N3O/c13-12(16)5-1-3-9-7-11-10(15-8-9)4-2-6-14-11/h2,4,6-8H,1,3,5H2,(H2,13,16). The van der Waals surface area contributed by atoms with Crippen molar-refractivity contribution in [3.05, 3.63) is 36.2 Å². The second-order valence-electron chi connectivity index (χ2n) is 3.71. The first-order valence-electron chi connectivity index (χ1n) is 5.23. The molecule has 0 fully saturated rings. The number of fused-ring (bicyclic) bond motifs is 1. The number of carbonyl (C=O) groups is 1. The van der Waals surface area contributed by atoms with Crippen molar-refractivity contribution in [2.45, 2.75) is 19.3 Å². The van der Waals surface area contributed by atoms with E-state index < -0.39 is 0 Å². The van der Waals surface area contributed by atoms with Crippen LogP contribution in [0.1, 0.15) is 18.4 Å². The van der Waals surface area contributed by atoms with Crippen molar-refractivity contribution in [3.8, 4) is 0 Å². The fraction of sp³-hybridized carbons (Fsp3) is 0.250. The summed E-state index contributed by atoms with van der Waals surface area (Å²) < 4.78 is 0. The molecule has 0 radical (unpaired) electrons. The van der Waals surface area contributed by atoms with E-state index in [-0.39, 0.29) is 5.91 Å². The zero-order chi connectivity index (χ0) is 11.4. The summed E-state index contributed by atoms with van der Waals surface area (Å²) in [6.45, 7) is 0. The summed E-state index contributed by atoms with van der Waals surface area (Å²) in [6, 6.07) is 5.79. The number of aryl methyl sites for hydroxylation is 1. The highest BCUT2D eigenvalue weighted by Gasteiger charge is 2.00. The van der Waals surface area contributed by atoms with Crippen molar-refractivity contribution in [2.24, 2.45) is 5.73 Å². The summed E-state index contributed by atoms with van der Waals surface area (Å²) in [5.74, 6) is -0.258. The SMILES string of the molecule is NC(=O)CCCc1cnc2cccnc2c1. The van der Waals surface area contributed by atoms with E-state index in [4.69, 9.17) is 5.73 Å². The number of nitrogens with two attached hydrogens (primary N) is 1. The smallest absolute Gasteiger partial charge is 0.217 e. The van der Waals surface area contributed by atoms with E-state index in [2.05, 4.69) is 9.97 Å². The number of hydrogen-bond donors (Lipinski definition) is 1. The van der Waals surface area contributed by atoms with E-state index in [1.807, 2.05) is 24.4 Å². The Hall–Kier alpha value is -1.97. The van der Waals surface area contributed by atoms with E-state index in [0.29, 0.717) is 6.42 Å². The highest BCUT2D eigenvalue weighted by molar-refractivity contribution is 5.74. The Labute approximate surface area is 93.5 Å². The molecule has 2 aromatic heterocycles. The summed E-state index contributed by atoms with van der Waals surface area (Å²) in [7, 11) is 0. The minimum absolute atomic E-state index is 0.258. The first kappa shape index (κ1) is 10.5. The molecule has 2 heterocycles. The summed E-state index contributed by atoms with van der Waals surface area (Å²) in [6.07, 6.45) is 5.56. The third kappa shape index (κ3) is 2.53. The molecule has 2 aromatic rings. The first-order chi connectivity index (χ1) is 7.75. The van der Waals surface area contributed by atoms with Crippen molar-refractivity contribution in [1.29, 1.82) is 0 Å². The molecular weight excluding hydrogens is 202 g/mol. The van der Waals surface area contributed by atoms with Crippen LogP contribution in [0, 0.1) is 0 Å². The molecule has 0 saturated heterocycles. The molecule has 2 rings (SSSR count). The Morgan fingerprint density at radius 3 is 3.00 bits per heavy atom. The summed E-state index contributed by atoms with van der Waals surface area (Å²) in [5.41, 5.74) is 7.95. The van der Waals surface area contributed by atoms with Gasteiger partial charge in [-0.25, -0.2) is 0 Å². The predicted molar refractivity (Wildman–Crippen MR) is 61.7 cm³/mol. The van der Waals surface area contributed by atoms with Gasteiger partial charge in [0.2, 0.25) is 5.91 Å². The van der Waals surface area contributed by atoms with E-state index in [1.165, 1.54) is 0 Å². The lowest BCUT2D eigenvalue weighted by atomic mass is 10.1. The Morgan fingerprint density at radius 1 is 1.31 bits per heavy atom. The van der Waals surface area contributed by atoms with Crippen LogP contribution in [0.2, 0.25) is 0 Å². The van der Waals surface area contributed by atoms with E-state index in [9.17, 15) is 4.79 Å². The second kappa shape index (κ2) is 4.70. The summed E-state index contributed by atoms with van der Waals surface area (Å²) in [5, 5.41) is 0. The molecule has 4 nitrogen and oxygen atoms in total. The molecule has 0 aliphatic heterocycles. The minimum atomic E-state index is -0.258. The molecule has 0 saturated carbocycles. The summed E-state index contributed by atoms with van der Waals surface area (Å²) >= 11 is 0. The van der Waals surface area contributed by atoms with Crippen LogP contribution in [0.25, 0.3) is 11.0 Å². The number of amides is 1. The fourth-order valence-electron chi connectivity index (χ4n) is 1.60. The van der Waals surface area contributed by atoms with Crippen LogP contribution in [0.4, 0.5) is 0 Å².